The van der Waals surface area contributed by atoms with Gasteiger partial charge < -0.3 is 10.7 Å². The van der Waals surface area contributed by atoms with E-state index in [1.165, 1.54) is 4.57 Å². The Labute approximate surface area is 126 Å². The minimum atomic E-state index is -2.39. The van der Waals surface area contributed by atoms with Crippen LogP contribution in [0.4, 0.5) is 5.82 Å². The van der Waals surface area contributed by atoms with Crippen LogP contribution in [-0.4, -0.2) is 33.3 Å². The largest absolute Gasteiger partial charge is 0.382 e. The van der Waals surface area contributed by atoms with Gasteiger partial charge in [-0.25, -0.2) is 9.00 Å². The zero-order valence-electron chi connectivity index (χ0n) is 11.5. The molecule has 1 unspecified atom stereocenters. The Bertz CT molecular complexity index is 930. The van der Waals surface area contributed by atoms with Gasteiger partial charge >= 0.3 is 5.69 Å². The monoisotopic (exact) mass is 320 g/mol. The molecule has 0 saturated carbocycles. The number of hydrogen-bond donors (Lipinski definition) is 3. The number of aryl methyl sites for hydroxylation is 1. The van der Waals surface area contributed by atoms with E-state index in [2.05, 4.69) is 19.9 Å². The number of nitrogens with one attached hydrogen (secondary N) is 1. The fourth-order valence-electron chi connectivity index (χ4n) is 2.03. The third-order valence-corrected chi connectivity index (χ3v) is 3.59. The molecule has 0 aliphatic heterocycles. The fourth-order valence-corrected chi connectivity index (χ4v) is 2.37. The molecule has 0 aliphatic rings. The molecular formula is C12H12N6O3S. The Balaban J connectivity index is 2.16. The molecule has 3 heterocycles. The summed E-state index contributed by atoms with van der Waals surface area (Å²) in [5.74, 6) is -0.0553. The molecule has 0 radical (unpaired) electrons. The number of nitrogens with two attached hydrogens (primary N) is 1. The van der Waals surface area contributed by atoms with E-state index in [1.54, 1.807) is 6.20 Å². The first-order chi connectivity index (χ1) is 10.5. The lowest BCUT2D eigenvalue weighted by atomic mass is 10.2. The van der Waals surface area contributed by atoms with Crippen LogP contribution in [0.3, 0.4) is 0 Å². The molecule has 0 bridgehead atoms. The van der Waals surface area contributed by atoms with Gasteiger partial charge in [-0.15, -0.1) is 0 Å². The summed E-state index contributed by atoms with van der Waals surface area (Å²) in [6, 6.07) is 3.66. The molecule has 0 aliphatic carbocycles. The van der Waals surface area contributed by atoms with Crippen molar-refractivity contribution in [2.24, 2.45) is 0 Å². The highest BCUT2D eigenvalue weighted by Crippen LogP contribution is 2.16. The normalized spacial score (nSPS) is 12.6. The SMILES string of the molecule is Cc1ccc(Cn2c(=O)[nH]c3c(N)nc(S(=O)O)nc32)cn1. The standard InChI is InChI=1S/C12H12N6O3S/c1-6-2-3-7(4-14-6)5-18-10-8(15-12(18)19)9(13)16-11(17-10)22(20)21/h2-4H,5H2,1H3,(H,15,19)(H,20,21)(H2,13,16,17). The number of H-pyrrole nitrogens is 1. The summed E-state index contributed by atoms with van der Waals surface area (Å²) in [4.78, 5) is 26.4. The number of aromatic amines is 1. The summed E-state index contributed by atoms with van der Waals surface area (Å²) in [6.07, 6.45) is 1.65. The molecule has 3 aromatic heterocycles. The van der Waals surface area contributed by atoms with E-state index in [-0.39, 0.29) is 28.7 Å². The summed E-state index contributed by atoms with van der Waals surface area (Å²) in [6.45, 7) is 2.07. The van der Waals surface area contributed by atoms with Gasteiger partial charge in [-0.1, -0.05) is 6.07 Å². The van der Waals surface area contributed by atoms with Crippen molar-refractivity contribution in [2.45, 2.75) is 18.6 Å². The molecule has 9 nitrogen and oxygen atoms in total. The van der Waals surface area contributed by atoms with Crippen LogP contribution in [0.1, 0.15) is 11.3 Å². The van der Waals surface area contributed by atoms with Crippen LogP contribution >= 0.6 is 0 Å². The quantitative estimate of drug-likeness (QED) is 0.457. The minimum absolute atomic E-state index is 0.0553. The summed E-state index contributed by atoms with van der Waals surface area (Å²) < 4.78 is 21.6. The van der Waals surface area contributed by atoms with Gasteiger partial charge in [-0.2, -0.15) is 9.97 Å². The van der Waals surface area contributed by atoms with Crippen LogP contribution in [0.15, 0.2) is 28.3 Å². The van der Waals surface area contributed by atoms with Gasteiger partial charge in [0, 0.05) is 11.9 Å². The number of imidazole rings is 1. The molecule has 0 fully saturated rings. The number of aromatic nitrogens is 5. The van der Waals surface area contributed by atoms with E-state index in [0.29, 0.717) is 0 Å². The second-order valence-electron chi connectivity index (χ2n) is 4.66. The van der Waals surface area contributed by atoms with E-state index in [4.69, 9.17) is 10.3 Å². The summed E-state index contributed by atoms with van der Waals surface area (Å²) in [5.41, 5.74) is 7.33. The van der Waals surface area contributed by atoms with Crippen LogP contribution in [0.5, 0.6) is 0 Å². The highest BCUT2D eigenvalue weighted by Gasteiger charge is 2.16. The molecule has 4 N–H and O–H groups in total. The van der Waals surface area contributed by atoms with Crippen molar-refractivity contribution in [3.8, 4) is 0 Å². The highest BCUT2D eigenvalue weighted by atomic mass is 32.2. The average Bonchev–Trinajstić information content (AvgIpc) is 2.78. The molecule has 0 amide bonds. The number of anilines is 1. The van der Waals surface area contributed by atoms with Gasteiger partial charge in [0.25, 0.3) is 5.16 Å². The second kappa shape index (κ2) is 5.31. The lowest BCUT2D eigenvalue weighted by Gasteiger charge is -2.04. The lowest BCUT2D eigenvalue weighted by Crippen LogP contribution is -2.18. The van der Waals surface area contributed by atoms with Gasteiger partial charge in [0.2, 0.25) is 11.1 Å². The summed E-state index contributed by atoms with van der Waals surface area (Å²) in [5, 5.41) is -0.347. The molecule has 1 atom stereocenters. The molecule has 0 saturated heterocycles. The maximum atomic E-state index is 12.1. The van der Waals surface area contributed by atoms with Crippen molar-refractivity contribution < 1.29 is 8.76 Å². The molecule has 3 aromatic rings. The molecule has 22 heavy (non-hydrogen) atoms. The van der Waals surface area contributed by atoms with E-state index in [9.17, 15) is 9.00 Å². The first-order valence-electron chi connectivity index (χ1n) is 6.24. The van der Waals surface area contributed by atoms with E-state index < -0.39 is 16.8 Å². The van der Waals surface area contributed by atoms with Gasteiger partial charge in [0.1, 0.15) is 5.52 Å². The van der Waals surface area contributed by atoms with Crippen molar-refractivity contribution in [2.75, 3.05) is 5.73 Å². The third-order valence-electron chi connectivity index (χ3n) is 3.10. The Morgan fingerprint density at radius 2 is 2.18 bits per heavy atom. The van der Waals surface area contributed by atoms with Gasteiger partial charge in [-0.3, -0.25) is 14.1 Å². The fraction of sp³-hybridized carbons (Fsp3) is 0.167. The van der Waals surface area contributed by atoms with Crippen molar-refractivity contribution in [3.63, 3.8) is 0 Å². The predicted molar refractivity (Wildman–Crippen MR) is 79.7 cm³/mol. The zero-order chi connectivity index (χ0) is 15.9. The third kappa shape index (κ3) is 2.49. The molecule has 0 spiro atoms. The second-order valence-corrected chi connectivity index (χ2v) is 5.53. The van der Waals surface area contributed by atoms with Crippen molar-refractivity contribution in [1.82, 2.24) is 24.5 Å². The molecular weight excluding hydrogens is 308 g/mol. The molecule has 10 heteroatoms. The van der Waals surface area contributed by atoms with Crippen molar-refractivity contribution >= 4 is 28.1 Å². The van der Waals surface area contributed by atoms with Crippen LogP contribution in [0.25, 0.3) is 11.2 Å². The highest BCUT2D eigenvalue weighted by molar-refractivity contribution is 7.79. The number of pyridine rings is 1. The zero-order valence-corrected chi connectivity index (χ0v) is 12.3. The molecule has 3 rings (SSSR count). The number of nitrogen functional groups attached to an aromatic ring is 1. The Morgan fingerprint density at radius 1 is 1.41 bits per heavy atom. The minimum Gasteiger partial charge on any atom is -0.382 e. The smallest absolute Gasteiger partial charge is 0.328 e. The van der Waals surface area contributed by atoms with Crippen LogP contribution in [-0.2, 0) is 17.6 Å². The summed E-state index contributed by atoms with van der Waals surface area (Å²) in [7, 11) is 0. The van der Waals surface area contributed by atoms with Gasteiger partial charge in [0.05, 0.1) is 6.54 Å². The number of hydrogen-bond acceptors (Lipinski definition) is 6. The van der Waals surface area contributed by atoms with E-state index in [1.807, 2.05) is 19.1 Å². The van der Waals surface area contributed by atoms with Gasteiger partial charge in [-0.05, 0) is 18.6 Å². The average molecular weight is 320 g/mol. The summed E-state index contributed by atoms with van der Waals surface area (Å²) >= 11 is -2.39. The van der Waals surface area contributed by atoms with Crippen LogP contribution in [0, 0.1) is 6.92 Å². The maximum absolute atomic E-state index is 12.1. The molecule has 0 aromatic carbocycles. The van der Waals surface area contributed by atoms with Crippen LogP contribution in [0.2, 0.25) is 0 Å². The maximum Gasteiger partial charge on any atom is 0.328 e. The number of rotatable bonds is 3. The van der Waals surface area contributed by atoms with E-state index >= 15 is 0 Å². The topological polar surface area (TPSA) is 140 Å². The number of fused-ring (bicyclic) bond motifs is 1. The van der Waals surface area contributed by atoms with Crippen molar-refractivity contribution in [3.05, 3.63) is 40.1 Å². The van der Waals surface area contributed by atoms with Crippen molar-refractivity contribution in [1.29, 1.82) is 0 Å². The first-order valence-corrected chi connectivity index (χ1v) is 7.35. The van der Waals surface area contributed by atoms with E-state index in [0.717, 1.165) is 11.3 Å². The predicted octanol–water partition coefficient (Wildman–Crippen LogP) is 0.0341. The Morgan fingerprint density at radius 3 is 2.82 bits per heavy atom. The Hall–Kier alpha value is -2.59. The first kappa shape index (κ1) is 14.4. The Kier molecular flexibility index (Phi) is 3.47. The number of nitrogens with zero attached hydrogens (tertiary/aromatic N) is 4. The van der Waals surface area contributed by atoms with Gasteiger partial charge in [0.15, 0.2) is 11.5 Å². The molecule has 114 valence electrons. The van der Waals surface area contributed by atoms with Crippen LogP contribution < -0.4 is 11.4 Å². The lowest BCUT2D eigenvalue weighted by molar-refractivity contribution is 0.555.